The highest BCUT2D eigenvalue weighted by atomic mass is 19.4. The fourth-order valence-corrected chi connectivity index (χ4v) is 3.26. The van der Waals surface area contributed by atoms with Gasteiger partial charge >= 0.3 is 47.6 Å². The molecule has 1 aromatic carbocycles. The van der Waals surface area contributed by atoms with Crippen LogP contribution in [0.15, 0.2) is 24.3 Å². The first-order chi connectivity index (χ1) is 18.1. The van der Waals surface area contributed by atoms with E-state index in [0.29, 0.717) is 26.9 Å². The second-order valence-corrected chi connectivity index (χ2v) is 8.99. The van der Waals surface area contributed by atoms with Crippen molar-refractivity contribution in [3.63, 3.8) is 0 Å². The average molecular weight is 640 g/mol. The van der Waals surface area contributed by atoms with E-state index in [1.54, 1.807) is 6.92 Å². The van der Waals surface area contributed by atoms with Gasteiger partial charge in [0.15, 0.2) is 0 Å². The molecule has 1 aromatic rings. The summed E-state index contributed by atoms with van der Waals surface area (Å²) in [6, 6.07) is 3.87. The normalized spacial score (nSPS) is 16.5. The lowest BCUT2D eigenvalue weighted by Gasteiger charge is -2.44. The van der Waals surface area contributed by atoms with Crippen LogP contribution >= 0.6 is 0 Å². The molecule has 0 amide bonds. The van der Waals surface area contributed by atoms with Gasteiger partial charge in [-0.25, -0.2) is 0 Å². The molecule has 0 aromatic heterocycles. The van der Waals surface area contributed by atoms with Crippen LogP contribution in [0.3, 0.4) is 0 Å². The molecular weight excluding hydrogens is 619 g/mol. The topological polar surface area (TPSA) is 18.5 Å². The quantitative estimate of drug-likeness (QED) is 0.149. The lowest BCUT2D eigenvalue weighted by molar-refractivity contribution is -0.462. The Balaban J connectivity index is 3.54. The maximum Gasteiger partial charge on any atom is 0.460 e. The minimum Gasteiger partial charge on any atom is -0.494 e. The van der Waals surface area contributed by atoms with Crippen molar-refractivity contribution in [2.24, 2.45) is 0 Å². The third-order valence-corrected chi connectivity index (χ3v) is 6.03. The molecule has 0 radical (unpaired) electrons. The highest BCUT2D eigenvalue weighted by Gasteiger charge is 2.95. The van der Waals surface area contributed by atoms with E-state index in [1.165, 1.54) is 0 Å². The fraction of sp³-hybridized carbons (Fsp3) is 0.727. The zero-order chi connectivity index (χ0) is 32.7. The molecule has 240 valence electrons. The van der Waals surface area contributed by atoms with Gasteiger partial charge in [0, 0.05) is 7.11 Å². The number of hydrogen-bond acceptors (Lipinski definition) is 2. The molecule has 0 saturated heterocycles. The van der Waals surface area contributed by atoms with Gasteiger partial charge in [-0.2, -0.15) is 74.6 Å². The molecule has 0 bridgehead atoms. The molecule has 1 atom stereocenters. The highest BCUT2D eigenvalue weighted by Crippen LogP contribution is 2.64. The average Bonchev–Trinajstić information content (AvgIpc) is 2.82. The first-order valence-electron chi connectivity index (χ1n) is 11.1. The largest absolute Gasteiger partial charge is 0.494 e. The van der Waals surface area contributed by atoms with Gasteiger partial charge in [0.05, 0.1) is 18.6 Å². The van der Waals surface area contributed by atoms with Crippen molar-refractivity contribution in [3.05, 3.63) is 29.8 Å². The van der Waals surface area contributed by atoms with E-state index < -0.39 is 65.2 Å². The molecule has 0 aliphatic carbocycles. The molecule has 0 spiro atoms. The van der Waals surface area contributed by atoms with E-state index in [4.69, 9.17) is 4.74 Å². The van der Waals surface area contributed by atoms with Crippen LogP contribution in [-0.2, 0) is 10.3 Å². The first kappa shape index (κ1) is 36.8. The Kier molecular flexibility index (Phi) is 9.99. The molecule has 0 aliphatic heterocycles. The zero-order valence-corrected chi connectivity index (χ0v) is 20.9. The van der Waals surface area contributed by atoms with Crippen molar-refractivity contribution in [1.29, 1.82) is 0 Å². The van der Waals surface area contributed by atoms with Gasteiger partial charge < -0.3 is 9.47 Å². The van der Waals surface area contributed by atoms with Crippen LogP contribution in [0.5, 0.6) is 5.75 Å². The Bertz CT molecular complexity index is 1020. The van der Waals surface area contributed by atoms with Crippen LogP contribution in [-0.4, -0.2) is 61.4 Å². The van der Waals surface area contributed by atoms with Crippen LogP contribution in [0.1, 0.15) is 38.7 Å². The van der Waals surface area contributed by atoms with Crippen LogP contribution in [0.25, 0.3) is 0 Å². The van der Waals surface area contributed by atoms with Gasteiger partial charge in [0.25, 0.3) is 0 Å². The van der Waals surface area contributed by atoms with E-state index in [1.807, 2.05) is 0 Å². The number of rotatable bonds is 14. The number of ether oxygens (including phenoxy) is 2. The van der Waals surface area contributed by atoms with Gasteiger partial charge in [-0.05, 0) is 31.0 Å². The molecule has 0 N–H and O–H groups in total. The Hall–Kier alpha value is -2.21. The maximum atomic E-state index is 14.6. The van der Waals surface area contributed by atoms with Crippen LogP contribution in [0.4, 0.5) is 74.6 Å². The second kappa shape index (κ2) is 11.1. The van der Waals surface area contributed by atoms with E-state index in [-0.39, 0.29) is 12.4 Å². The van der Waals surface area contributed by atoms with Crippen molar-refractivity contribution >= 4 is 0 Å². The van der Waals surface area contributed by atoms with Crippen LogP contribution in [0.2, 0.25) is 0 Å². The minimum absolute atomic E-state index is 0.0859. The minimum atomic E-state index is -8.67. The molecule has 41 heavy (non-hydrogen) atoms. The summed E-state index contributed by atoms with van der Waals surface area (Å²) in [5, 5.41) is 0. The van der Waals surface area contributed by atoms with Crippen molar-refractivity contribution in [2.75, 3.05) is 13.7 Å². The molecule has 2 nitrogen and oxygen atoms in total. The molecule has 1 rings (SSSR count). The summed E-state index contributed by atoms with van der Waals surface area (Å²) in [5.74, 6) is -56.7. The van der Waals surface area contributed by atoms with Crippen LogP contribution in [0, 0.1) is 0 Å². The zero-order valence-electron chi connectivity index (χ0n) is 20.9. The highest BCUT2D eigenvalue weighted by molar-refractivity contribution is 5.31. The molecule has 19 heteroatoms. The van der Waals surface area contributed by atoms with Gasteiger partial charge in [0.1, 0.15) is 5.75 Å². The van der Waals surface area contributed by atoms with Gasteiger partial charge in [-0.1, -0.05) is 25.5 Å². The number of benzene rings is 1. The Labute approximate surface area is 220 Å². The summed E-state index contributed by atoms with van der Waals surface area (Å²) < 4.78 is 240. The smallest absolute Gasteiger partial charge is 0.460 e. The SMILES string of the molecule is CCCCOc1ccc(C(C)(CC(F)(F)C(F)(F)C(F)(F)C(F)(F)C(F)(F)C(F)(F)C(F)(F)C(F)(F)F)OC)cc1. The van der Waals surface area contributed by atoms with Crippen molar-refractivity contribution in [1.82, 2.24) is 0 Å². The number of alkyl halides is 17. The molecule has 0 aliphatic rings. The molecular formula is C22H21F17O2. The maximum absolute atomic E-state index is 14.6. The van der Waals surface area contributed by atoms with E-state index in [0.717, 1.165) is 24.3 Å². The Morgan fingerprint density at radius 2 is 0.976 bits per heavy atom. The first-order valence-corrected chi connectivity index (χ1v) is 11.1. The summed E-state index contributed by atoms with van der Waals surface area (Å²) in [6.45, 7) is 2.49. The lowest BCUT2D eigenvalue weighted by atomic mass is 9.83. The van der Waals surface area contributed by atoms with Crippen LogP contribution < -0.4 is 4.74 Å². The van der Waals surface area contributed by atoms with Crippen molar-refractivity contribution < 1.29 is 84.1 Å². The van der Waals surface area contributed by atoms with Gasteiger partial charge in [-0.3, -0.25) is 0 Å². The van der Waals surface area contributed by atoms with Gasteiger partial charge in [0.2, 0.25) is 0 Å². The summed E-state index contributed by atoms with van der Waals surface area (Å²) in [6.07, 6.45) is -9.28. The molecule has 0 heterocycles. The fourth-order valence-electron chi connectivity index (χ4n) is 3.26. The number of hydrogen-bond donors (Lipinski definition) is 0. The van der Waals surface area contributed by atoms with E-state index in [2.05, 4.69) is 4.74 Å². The molecule has 0 fully saturated rings. The standard InChI is InChI=1S/C22H21F17O2/c1-4-5-10-41-13-8-6-12(7-9-13)14(2,40-3)11-15(23,24)16(25,26)17(27,28)18(29,30)19(31,32)20(33,34)21(35,36)22(37,38)39/h6-9H,4-5,10-11H2,1-3H3. The molecule has 0 saturated carbocycles. The van der Waals surface area contributed by atoms with Crippen molar-refractivity contribution in [2.45, 2.75) is 86.3 Å². The second-order valence-electron chi connectivity index (χ2n) is 8.99. The summed E-state index contributed by atoms with van der Waals surface area (Å²) in [4.78, 5) is 0. The predicted molar refractivity (Wildman–Crippen MR) is 107 cm³/mol. The third kappa shape index (κ3) is 5.87. The number of halogens is 17. The summed E-state index contributed by atoms with van der Waals surface area (Å²) in [5.41, 5.74) is -3.36. The number of unbranched alkanes of at least 4 members (excludes halogenated alkanes) is 1. The monoisotopic (exact) mass is 640 g/mol. The summed E-state index contributed by atoms with van der Waals surface area (Å²) >= 11 is 0. The van der Waals surface area contributed by atoms with Gasteiger partial charge in [-0.15, -0.1) is 0 Å². The van der Waals surface area contributed by atoms with E-state index in [9.17, 15) is 74.6 Å². The van der Waals surface area contributed by atoms with Crippen molar-refractivity contribution in [3.8, 4) is 5.75 Å². The summed E-state index contributed by atoms with van der Waals surface area (Å²) in [7, 11) is 0.542. The van der Waals surface area contributed by atoms with E-state index >= 15 is 0 Å². The Morgan fingerprint density at radius 3 is 1.34 bits per heavy atom. The Morgan fingerprint density at radius 1 is 0.585 bits per heavy atom. The predicted octanol–water partition coefficient (Wildman–Crippen LogP) is 9.13. The number of methoxy groups -OCH3 is 1. The third-order valence-electron chi connectivity index (χ3n) is 6.03. The molecule has 1 unspecified atom stereocenters. The lowest BCUT2D eigenvalue weighted by Crippen LogP contribution is -2.74.